The maximum atomic E-state index is 14.0. The molecule has 0 bridgehead atoms. The number of alkyl carbamates (subject to hydrolysis) is 1. The van der Waals surface area contributed by atoms with Crippen molar-refractivity contribution in [3.63, 3.8) is 0 Å². The normalized spacial score (nSPS) is 29.7. The number of hydrogen-bond acceptors (Lipinski definition) is 11. The molecule has 3 saturated carbocycles. The van der Waals surface area contributed by atoms with E-state index in [4.69, 9.17) is 9.47 Å². The van der Waals surface area contributed by atoms with Crippen molar-refractivity contribution in [2.75, 3.05) is 6.54 Å². The Labute approximate surface area is 427 Å². The van der Waals surface area contributed by atoms with E-state index in [9.17, 15) is 53.3 Å². The van der Waals surface area contributed by atoms with Gasteiger partial charge in [0, 0.05) is 38.6 Å². The summed E-state index contributed by atoms with van der Waals surface area (Å²) >= 11 is 0. The number of carboxylic acid groups (broad SMARTS) is 1. The number of halogens is 1. The van der Waals surface area contributed by atoms with Crippen LogP contribution in [0.5, 0.6) is 5.75 Å². The number of ketones is 2. The highest BCUT2D eigenvalue weighted by Crippen LogP contribution is 2.67. The van der Waals surface area contributed by atoms with E-state index in [-0.39, 0.29) is 62.3 Å². The molecule has 1 aromatic carbocycles. The zero-order chi connectivity index (χ0) is 52.8. The third-order valence-corrected chi connectivity index (χ3v) is 17.9. The summed E-state index contributed by atoms with van der Waals surface area (Å²) in [7, 11) is 0. The number of nitrogens with zero attached hydrogens (tertiary/aromatic N) is 1. The van der Waals surface area contributed by atoms with Gasteiger partial charge in [-0.1, -0.05) is 84.1 Å². The van der Waals surface area contributed by atoms with Crippen LogP contribution in [0.1, 0.15) is 162 Å². The van der Waals surface area contributed by atoms with Crippen molar-refractivity contribution in [1.82, 2.24) is 20.2 Å². The number of unbranched alkanes of at least 4 members (excludes halogenated alkanes) is 1. The van der Waals surface area contributed by atoms with Crippen LogP contribution in [0.25, 0.3) is 0 Å². The fourth-order valence-electron chi connectivity index (χ4n) is 13.9. The number of aliphatic carboxylic acids is 1. The Morgan fingerprint density at radius 1 is 0.945 bits per heavy atom. The number of carboxylic acids is 1. The molecule has 17 heteroatoms. The van der Waals surface area contributed by atoms with Gasteiger partial charge in [0.25, 0.3) is 5.56 Å². The molecule has 16 nitrogen and oxygen atoms in total. The summed E-state index contributed by atoms with van der Waals surface area (Å²) in [5, 5.41) is 35.9. The number of ether oxygens (including phenoxy) is 2. The molecule has 1 aromatic heterocycles. The minimum Gasteiger partial charge on any atom is -0.508 e. The second-order valence-corrected chi connectivity index (χ2v) is 23.1. The van der Waals surface area contributed by atoms with Crippen LogP contribution in [-0.4, -0.2) is 85.3 Å². The summed E-state index contributed by atoms with van der Waals surface area (Å²) < 4.78 is 26.1. The third-order valence-electron chi connectivity index (χ3n) is 17.9. The quantitative estimate of drug-likeness (QED) is 0.0457. The van der Waals surface area contributed by atoms with Crippen molar-refractivity contribution in [3.05, 3.63) is 74.3 Å². The third kappa shape index (κ3) is 13.2. The van der Waals surface area contributed by atoms with E-state index in [2.05, 4.69) is 51.3 Å². The summed E-state index contributed by atoms with van der Waals surface area (Å²) in [6.07, 6.45) is 10.3. The van der Waals surface area contributed by atoms with Gasteiger partial charge in [0.2, 0.25) is 11.7 Å². The molecule has 0 radical (unpaired) electrons. The maximum Gasteiger partial charge on any atom is 0.408 e. The molecule has 2 aromatic rings. The number of amides is 2. The fraction of sp³-hybridized carbons (Fsp3) is 0.696. The number of aromatic amines is 1. The largest absolute Gasteiger partial charge is 0.508 e. The summed E-state index contributed by atoms with van der Waals surface area (Å²) in [4.78, 5) is 90.8. The van der Waals surface area contributed by atoms with Gasteiger partial charge in [0.05, 0.1) is 24.3 Å². The number of rotatable bonds is 23. The highest BCUT2D eigenvalue weighted by atomic mass is 19.1. The first-order chi connectivity index (χ1) is 34.7. The van der Waals surface area contributed by atoms with Crippen LogP contribution in [-0.2, 0) is 35.1 Å². The predicted octanol–water partition coefficient (Wildman–Crippen LogP) is 8.07. The van der Waals surface area contributed by atoms with E-state index < -0.39 is 77.0 Å². The molecular weight excluding hydrogens is 940 g/mol. The number of fused-ring (bicyclic) bond motifs is 5. The van der Waals surface area contributed by atoms with Crippen LogP contribution < -0.4 is 21.9 Å². The van der Waals surface area contributed by atoms with Gasteiger partial charge in [-0.2, -0.15) is 4.39 Å². The zero-order valence-electron chi connectivity index (χ0n) is 43.4. The number of aliphatic hydroxyl groups is 1. The van der Waals surface area contributed by atoms with Crippen LogP contribution in [0.2, 0.25) is 0 Å². The number of aromatic hydroxyl groups is 1. The molecule has 73 heavy (non-hydrogen) atoms. The summed E-state index contributed by atoms with van der Waals surface area (Å²) in [6.45, 7) is 12.4. The molecule has 13 atom stereocenters. The van der Waals surface area contributed by atoms with Gasteiger partial charge in [0.1, 0.15) is 24.2 Å². The van der Waals surface area contributed by atoms with Crippen molar-refractivity contribution in [2.24, 2.45) is 52.3 Å². The first-order valence-corrected chi connectivity index (χ1v) is 27.0. The van der Waals surface area contributed by atoms with Crippen LogP contribution in [0, 0.1) is 58.1 Å². The van der Waals surface area contributed by atoms with Gasteiger partial charge in [-0.15, -0.1) is 0 Å². The Kier molecular flexibility index (Phi) is 18.3. The zero-order valence-corrected chi connectivity index (χ0v) is 43.4. The molecule has 2 amide bonds. The Morgan fingerprint density at radius 2 is 1.70 bits per heavy atom. The number of Topliss-reactive ketones (excluding diaryl/α,β-unsaturated/α-hetero) is 2. The van der Waals surface area contributed by atoms with E-state index in [1.165, 1.54) is 62.7 Å². The summed E-state index contributed by atoms with van der Waals surface area (Å²) in [5.41, 5.74) is 0.296. The first kappa shape index (κ1) is 55.6. The average molecular weight is 1020 g/mol. The minimum atomic E-state index is -1.37. The lowest BCUT2D eigenvalue weighted by Crippen LogP contribution is -2.51. The molecule has 2 heterocycles. The number of carbonyl (C=O) groups is 5. The number of allylic oxidation sites excluding steroid dienone is 1. The molecule has 1 saturated heterocycles. The standard InChI is InChI=1S/C56H79FN4O12/c1-32(2)9-8-10-33(3)40-18-19-41-39-17-14-36-29-38(22-24-55(36,4)42(39)23-25-56(40,41)5)72-54(71)59-44(27-34-12-15-37(62)16-13-34)46(64)28-35(52(68)69)11-6-7-26-58-48(66)21-20-45(63)50-47(65)30-49(73-50)61-31-43(57)51(67)60-53(61)70/h12-16,31-33,35,38-42,44,47,49-50,62,65H,6-11,17-30H2,1-5H3,(H,58,66)(H,59,71)(H,68,69)(H,60,67,70)/t33-,35+,38?,39+,40?,41+,42+,44?,47?,49?,50?,55+,56-/m1/s1. The molecule has 1 aliphatic heterocycles. The number of H-pyrrole nitrogens is 1. The van der Waals surface area contributed by atoms with Crippen molar-refractivity contribution < 1.29 is 53.2 Å². The number of nitrogens with one attached hydrogen (secondary N) is 3. The second kappa shape index (κ2) is 24.0. The molecule has 4 aliphatic carbocycles. The number of hydrogen-bond donors (Lipinski definition) is 6. The predicted molar refractivity (Wildman–Crippen MR) is 270 cm³/mol. The molecule has 4 fully saturated rings. The molecule has 6 N–H and O–H groups in total. The van der Waals surface area contributed by atoms with E-state index in [1.54, 1.807) is 17.1 Å². The van der Waals surface area contributed by atoms with E-state index in [0.717, 1.165) is 41.1 Å². The number of phenolic OH excluding ortho intramolecular Hbond substituents is 1. The molecule has 6 unspecified atom stereocenters. The Bertz CT molecular complexity index is 2450. The topological polar surface area (TPSA) is 243 Å². The Hall–Kier alpha value is -5.16. The minimum absolute atomic E-state index is 0.0375. The fourth-order valence-corrected chi connectivity index (χ4v) is 13.9. The Morgan fingerprint density at radius 3 is 2.42 bits per heavy atom. The lowest BCUT2D eigenvalue weighted by atomic mass is 9.47. The monoisotopic (exact) mass is 1020 g/mol. The maximum absolute atomic E-state index is 14.0. The average Bonchev–Trinajstić information content (AvgIpc) is 3.91. The summed E-state index contributed by atoms with van der Waals surface area (Å²) in [5.74, 6) is -0.705. The Balaban J connectivity index is 0.873. The van der Waals surface area contributed by atoms with Crippen molar-refractivity contribution in [2.45, 2.75) is 187 Å². The van der Waals surface area contributed by atoms with Crippen LogP contribution in [0.4, 0.5) is 9.18 Å². The van der Waals surface area contributed by atoms with Gasteiger partial charge in [0.15, 0.2) is 11.6 Å². The number of aromatic nitrogens is 2. The second-order valence-electron chi connectivity index (χ2n) is 23.1. The highest BCUT2D eigenvalue weighted by molar-refractivity contribution is 5.90. The van der Waals surface area contributed by atoms with Crippen LogP contribution in [0.3, 0.4) is 0 Å². The first-order valence-electron chi connectivity index (χ1n) is 27.0. The van der Waals surface area contributed by atoms with Gasteiger partial charge in [-0.25, -0.2) is 9.59 Å². The number of phenols is 1. The number of benzene rings is 1. The number of aliphatic hydroxyl groups excluding tert-OH is 1. The smallest absolute Gasteiger partial charge is 0.408 e. The number of carbonyl (C=O) groups excluding carboxylic acids is 4. The van der Waals surface area contributed by atoms with Gasteiger partial charge >= 0.3 is 17.8 Å². The molecule has 5 aliphatic rings. The molecule has 0 spiro atoms. The van der Waals surface area contributed by atoms with Crippen LogP contribution >= 0.6 is 0 Å². The van der Waals surface area contributed by atoms with Crippen LogP contribution in [0.15, 0.2) is 51.7 Å². The van der Waals surface area contributed by atoms with Gasteiger partial charge < -0.3 is 35.4 Å². The SMILES string of the molecule is CC(C)CCC[C@@H](C)C1CC[C@H]2[C@@H]3CC=C4CC(OC(=O)NC(Cc5ccc(O)cc5)C(=O)C[C@H](CCCCNC(=O)CCC(=O)C5OC(n6cc(F)c(=O)[nH]c6=O)CC5O)C(=O)O)CC[C@]4(C)[C@H]3CC[C@]12C. The molecular formula is C56H79FN4O12. The van der Waals surface area contributed by atoms with Crippen molar-refractivity contribution >= 4 is 29.5 Å². The highest BCUT2D eigenvalue weighted by Gasteiger charge is 2.59. The van der Waals surface area contributed by atoms with Gasteiger partial charge in [-0.05, 0) is 128 Å². The lowest BCUT2D eigenvalue weighted by Gasteiger charge is -2.58. The van der Waals surface area contributed by atoms with Gasteiger partial charge in [-0.3, -0.25) is 33.5 Å². The van der Waals surface area contributed by atoms with Crippen molar-refractivity contribution in [1.29, 1.82) is 0 Å². The molecule has 7 rings (SSSR count). The molecule has 402 valence electrons. The van der Waals surface area contributed by atoms with Crippen molar-refractivity contribution in [3.8, 4) is 5.75 Å². The van der Waals surface area contributed by atoms with E-state index in [1.807, 2.05) is 0 Å². The van der Waals surface area contributed by atoms with E-state index >= 15 is 0 Å². The lowest BCUT2D eigenvalue weighted by molar-refractivity contribution is -0.144. The summed E-state index contributed by atoms with van der Waals surface area (Å²) in [6, 6.07) is 5.16. The van der Waals surface area contributed by atoms with E-state index in [0.29, 0.717) is 54.7 Å².